The van der Waals surface area contributed by atoms with Gasteiger partial charge in [-0.1, -0.05) is 0 Å². The van der Waals surface area contributed by atoms with Gasteiger partial charge < -0.3 is 9.80 Å². The summed E-state index contributed by atoms with van der Waals surface area (Å²) in [6, 6.07) is 0. The number of hydrogen-bond acceptors (Lipinski definition) is 3. The van der Waals surface area contributed by atoms with E-state index in [-0.39, 0.29) is 5.91 Å². The average Bonchev–Trinajstić information content (AvgIpc) is 2.32. The number of carbonyl (C=O) groups excluding carboxylic acids is 1. The van der Waals surface area contributed by atoms with Crippen molar-refractivity contribution >= 4 is 11.9 Å². The van der Waals surface area contributed by atoms with Crippen LogP contribution in [0.1, 0.15) is 6.42 Å². The summed E-state index contributed by atoms with van der Waals surface area (Å²) >= 11 is 0. The lowest BCUT2D eigenvalue weighted by atomic mass is 10.4. The van der Waals surface area contributed by atoms with Gasteiger partial charge >= 0.3 is 0 Å². The van der Waals surface area contributed by atoms with Gasteiger partial charge in [0.25, 0.3) is 0 Å². The van der Waals surface area contributed by atoms with Crippen molar-refractivity contribution in [2.75, 3.05) is 33.7 Å². The summed E-state index contributed by atoms with van der Waals surface area (Å²) in [5.41, 5.74) is 2.49. The normalized spacial score (nSPS) is 19.6. The van der Waals surface area contributed by atoms with Crippen molar-refractivity contribution in [2.45, 2.75) is 6.42 Å². The molecule has 0 saturated carbocycles. The van der Waals surface area contributed by atoms with Crippen LogP contribution in [0.5, 0.6) is 0 Å². The molecule has 0 radical (unpaired) electrons. The van der Waals surface area contributed by atoms with E-state index in [1.165, 1.54) is 0 Å². The van der Waals surface area contributed by atoms with E-state index in [2.05, 4.69) is 10.4 Å². The fraction of sp³-hybridized carbons (Fsp3) is 0.750. The van der Waals surface area contributed by atoms with Gasteiger partial charge in [0, 0.05) is 27.2 Å². The first-order valence-corrected chi connectivity index (χ1v) is 4.61. The number of carbonyl (C=O) groups is 1. The fourth-order valence-electron chi connectivity index (χ4n) is 1.46. The molecule has 80 valence electrons. The molecular formula is C8H17N5O. The Morgan fingerprint density at radius 2 is 2.29 bits per heavy atom. The second kappa shape index (κ2) is 4.80. The molecule has 1 aliphatic rings. The van der Waals surface area contributed by atoms with Gasteiger partial charge in [-0.05, 0) is 6.42 Å². The molecule has 1 rings (SSSR count). The lowest BCUT2D eigenvalue weighted by molar-refractivity contribution is -0.129. The number of hydrogen-bond donors (Lipinski definition) is 2. The predicted octanol–water partition coefficient (Wildman–Crippen LogP) is -1.40. The minimum atomic E-state index is 0.0962. The summed E-state index contributed by atoms with van der Waals surface area (Å²) in [5, 5.41) is 0. The summed E-state index contributed by atoms with van der Waals surface area (Å²) < 4.78 is 0. The highest BCUT2D eigenvalue weighted by molar-refractivity contribution is 5.86. The third-order valence-corrected chi connectivity index (χ3v) is 2.31. The number of amides is 1. The van der Waals surface area contributed by atoms with E-state index in [0.29, 0.717) is 12.5 Å². The Bertz CT molecular complexity index is 240. The van der Waals surface area contributed by atoms with Crippen LogP contribution in [0, 0.1) is 0 Å². The van der Waals surface area contributed by atoms with E-state index in [1.807, 2.05) is 11.9 Å². The molecule has 6 heteroatoms. The van der Waals surface area contributed by atoms with Crippen molar-refractivity contribution in [3.05, 3.63) is 0 Å². The number of nitrogens with one attached hydrogen (secondary N) is 1. The number of guanidine groups is 1. The Hall–Kier alpha value is -1.30. The maximum absolute atomic E-state index is 11.5. The second-order valence-electron chi connectivity index (χ2n) is 3.28. The van der Waals surface area contributed by atoms with Gasteiger partial charge in [-0.3, -0.25) is 15.2 Å². The number of nitrogens with zero attached hydrogens (tertiary/aromatic N) is 3. The van der Waals surface area contributed by atoms with Crippen LogP contribution in [-0.4, -0.2) is 55.4 Å². The number of nitrogens with two attached hydrogens (primary N) is 1. The number of likely N-dealkylation sites (N-methyl/N-ethyl adjacent to an activating group) is 1. The van der Waals surface area contributed by atoms with Gasteiger partial charge in [0.15, 0.2) is 0 Å². The van der Waals surface area contributed by atoms with Crippen molar-refractivity contribution in [1.29, 1.82) is 0 Å². The Morgan fingerprint density at radius 1 is 1.57 bits per heavy atom. The van der Waals surface area contributed by atoms with E-state index in [1.54, 1.807) is 11.9 Å². The van der Waals surface area contributed by atoms with Crippen molar-refractivity contribution in [2.24, 2.45) is 10.8 Å². The van der Waals surface area contributed by atoms with Crippen molar-refractivity contribution in [1.82, 2.24) is 15.2 Å². The van der Waals surface area contributed by atoms with E-state index in [0.717, 1.165) is 19.5 Å². The maximum atomic E-state index is 11.5. The summed E-state index contributed by atoms with van der Waals surface area (Å²) in [6.07, 6.45) is 0.933. The Kier molecular flexibility index (Phi) is 3.70. The highest BCUT2D eigenvalue weighted by Crippen LogP contribution is 2.02. The topological polar surface area (TPSA) is 74.0 Å². The van der Waals surface area contributed by atoms with Gasteiger partial charge in [0.05, 0.1) is 6.54 Å². The van der Waals surface area contributed by atoms with Gasteiger partial charge in [0.1, 0.15) is 0 Å². The third kappa shape index (κ3) is 2.35. The summed E-state index contributed by atoms with van der Waals surface area (Å²) in [4.78, 5) is 19.1. The highest BCUT2D eigenvalue weighted by Gasteiger charge is 2.20. The highest BCUT2D eigenvalue weighted by atomic mass is 16.2. The minimum Gasteiger partial charge on any atom is -0.344 e. The smallest absolute Gasteiger partial charge is 0.241 e. The van der Waals surface area contributed by atoms with E-state index < -0.39 is 0 Å². The molecule has 1 aliphatic heterocycles. The number of rotatable bonds is 0. The van der Waals surface area contributed by atoms with Gasteiger partial charge in [-0.15, -0.1) is 0 Å². The standard InChI is InChI=1S/C8H17N5O/c1-10-8(11-9)13-5-3-4-12(2)7(14)6-13/h3-6,9H2,1-2H3,(H,10,11). The van der Waals surface area contributed by atoms with Crippen molar-refractivity contribution in [3.63, 3.8) is 0 Å². The van der Waals surface area contributed by atoms with E-state index in [9.17, 15) is 4.79 Å². The molecule has 1 fully saturated rings. The molecule has 0 aliphatic carbocycles. The molecule has 3 N–H and O–H groups in total. The first kappa shape index (κ1) is 10.8. The van der Waals surface area contributed by atoms with Crippen LogP contribution in [0.2, 0.25) is 0 Å². The molecule has 6 nitrogen and oxygen atoms in total. The summed E-state index contributed by atoms with van der Waals surface area (Å²) in [5.74, 6) is 5.96. The first-order valence-electron chi connectivity index (χ1n) is 4.61. The van der Waals surface area contributed by atoms with Crippen LogP contribution in [0.4, 0.5) is 0 Å². The van der Waals surface area contributed by atoms with Crippen LogP contribution in [0.25, 0.3) is 0 Å². The van der Waals surface area contributed by atoms with Crippen LogP contribution in [0.3, 0.4) is 0 Å². The van der Waals surface area contributed by atoms with E-state index in [4.69, 9.17) is 5.84 Å². The van der Waals surface area contributed by atoms with Crippen molar-refractivity contribution in [3.8, 4) is 0 Å². The molecule has 1 heterocycles. The quantitative estimate of drug-likeness (QED) is 0.218. The lowest BCUT2D eigenvalue weighted by Crippen LogP contribution is -2.47. The number of aliphatic imine (C=N–C) groups is 1. The molecule has 0 bridgehead atoms. The Balaban J connectivity index is 2.67. The van der Waals surface area contributed by atoms with Crippen LogP contribution in [-0.2, 0) is 4.79 Å². The van der Waals surface area contributed by atoms with Crippen LogP contribution >= 0.6 is 0 Å². The Labute approximate surface area is 83.7 Å². The molecule has 1 amide bonds. The fourth-order valence-corrected chi connectivity index (χ4v) is 1.46. The first-order chi connectivity index (χ1) is 6.69. The largest absolute Gasteiger partial charge is 0.344 e. The predicted molar refractivity (Wildman–Crippen MR) is 54.5 cm³/mol. The van der Waals surface area contributed by atoms with Crippen LogP contribution < -0.4 is 11.3 Å². The van der Waals surface area contributed by atoms with Gasteiger partial charge in [-0.2, -0.15) is 0 Å². The summed E-state index contributed by atoms with van der Waals surface area (Å²) in [7, 11) is 3.46. The zero-order valence-corrected chi connectivity index (χ0v) is 8.66. The van der Waals surface area contributed by atoms with Crippen LogP contribution in [0.15, 0.2) is 4.99 Å². The SMILES string of the molecule is CN=C(NN)N1CCCN(C)C(=O)C1. The third-order valence-electron chi connectivity index (χ3n) is 2.31. The molecule has 0 aromatic heterocycles. The molecule has 0 aromatic carbocycles. The molecule has 1 saturated heterocycles. The molecule has 14 heavy (non-hydrogen) atoms. The molecule has 0 spiro atoms. The zero-order valence-electron chi connectivity index (χ0n) is 8.66. The average molecular weight is 199 g/mol. The van der Waals surface area contributed by atoms with Gasteiger partial charge in [0.2, 0.25) is 11.9 Å². The minimum absolute atomic E-state index is 0.0962. The molecule has 0 atom stereocenters. The summed E-state index contributed by atoms with van der Waals surface area (Å²) in [6.45, 7) is 1.93. The van der Waals surface area contributed by atoms with E-state index >= 15 is 0 Å². The molecule has 0 unspecified atom stereocenters. The molecular weight excluding hydrogens is 182 g/mol. The van der Waals surface area contributed by atoms with Gasteiger partial charge in [-0.25, -0.2) is 5.84 Å². The second-order valence-corrected chi connectivity index (χ2v) is 3.28. The molecule has 0 aromatic rings. The Morgan fingerprint density at radius 3 is 2.86 bits per heavy atom. The van der Waals surface area contributed by atoms with Crippen molar-refractivity contribution < 1.29 is 4.79 Å². The lowest BCUT2D eigenvalue weighted by Gasteiger charge is -2.22. The maximum Gasteiger partial charge on any atom is 0.241 e. The zero-order chi connectivity index (χ0) is 10.6. The number of hydrazine groups is 1. The monoisotopic (exact) mass is 199 g/mol.